The lowest BCUT2D eigenvalue weighted by Gasteiger charge is -2.09. The molecule has 1 aromatic carbocycles. The number of carbonyl (C=O) groups is 1. The monoisotopic (exact) mass is 342 g/mol. The molecule has 1 heterocycles. The third-order valence-electron chi connectivity index (χ3n) is 3.21. The zero-order valence-corrected chi connectivity index (χ0v) is 14.0. The number of hydrogen-bond acceptors (Lipinski definition) is 5. The second kappa shape index (κ2) is 8.59. The molecule has 1 atom stereocenters. The van der Waals surface area contributed by atoms with Crippen molar-refractivity contribution in [1.82, 2.24) is 20.8 Å². The maximum Gasteiger partial charge on any atom is 0.249 e. The number of hydrogen-bond donors (Lipinski definition) is 2. The Hall–Kier alpha value is -1.99. The van der Waals surface area contributed by atoms with E-state index < -0.39 is 0 Å². The van der Waals surface area contributed by atoms with Gasteiger partial charge in [-0.2, -0.15) is 4.98 Å². The molecule has 1 amide bonds. The molecule has 0 bridgehead atoms. The maximum absolute atomic E-state index is 13.3. The Morgan fingerprint density at radius 3 is 2.83 bits per heavy atom. The van der Waals surface area contributed by atoms with E-state index in [1.54, 1.807) is 33.0 Å². The smallest absolute Gasteiger partial charge is 0.249 e. The van der Waals surface area contributed by atoms with E-state index in [4.69, 9.17) is 4.52 Å². The van der Waals surface area contributed by atoms with Crippen LogP contribution in [0.15, 0.2) is 22.7 Å². The topological polar surface area (TPSA) is 80.0 Å². The lowest BCUT2D eigenvalue weighted by Crippen LogP contribution is -2.29. The van der Waals surface area contributed by atoms with Crippen molar-refractivity contribution >= 4 is 18.3 Å². The minimum absolute atomic E-state index is 0. The number of rotatable bonds is 6. The second-order valence-corrected chi connectivity index (χ2v) is 5.06. The Morgan fingerprint density at radius 2 is 2.17 bits per heavy atom. The van der Waals surface area contributed by atoms with Crippen molar-refractivity contribution in [1.29, 1.82) is 0 Å². The van der Waals surface area contributed by atoms with Crippen LogP contribution in [0.5, 0.6) is 0 Å². The maximum atomic E-state index is 13.3. The molecule has 0 radical (unpaired) electrons. The van der Waals surface area contributed by atoms with Crippen LogP contribution in [0.3, 0.4) is 0 Å². The van der Waals surface area contributed by atoms with Crippen LogP contribution in [-0.2, 0) is 4.79 Å². The van der Waals surface area contributed by atoms with E-state index >= 15 is 0 Å². The molecule has 2 rings (SSSR count). The molecule has 2 N–H and O–H groups in total. The van der Waals surface area contributed by atoms with Crippen molar-refractivity contribution in [2.24, 2.45) is 0 Å². The van der Waals surface area contributed by atoms with Crippen LogP contribution >= 0.6 is 12.4 Å². The Kier molecular flexibility index (Phi) is 7.12. The SMILES string of the molecule is CNCCC(=O)NC(C)c1nc(-c2ccc(F)c(C)c2)no1.Cl. The fourth-order valence-electron chi connectivity index (χ4n) is 1.93. The number of nitrogens with zero attached hydrogens (tertiary/aromatic N) is 2. The van der Waals surface area contributed by atoms with Gasteiger partial charge in [-0.25, -0.2) is 4.39 Å². The number of nitrogens with one attached hydrogen (secondary N) is 2. The van der Waals surface area contributed by atoms with Gasteiger partial charge in [0, 0.05) is 18.5 Å². The van der Waals surface area contributed by atoms with Crippen molar-refractivity contribution in [2.45, 2.75) is 26.3 Å². The fraction of sp³-hybridized carbons (Fsp3) is 0.400. The highest BCUT2D eigenvalue weighted by Crippen LogP contribution is 2.21. The minimum atomic E-state index is -0.382. The molecule has 0 fully saturated rings. The van der Waals surface area contributed by atoms with Gasteiger partial charge in [0.15, 0.2) is 0 Å². The lowest BCUT2D eigenvalue weighted by molar-refractivity contribution is -0.121. The summed E-state index contributed by atoms with van der Waals surface area (Å²) < 4.78 is 18.4. The van der Waals surface area contributed by atoms with E-state index in [2.05, 4.69) is 20.8 Å². The van der Waals surface area contributed by atoms with E-state index in [1.807, 2.05) is 0 Å². The molecule has 8 heteroatoms. The summed E-state index contributed by atoms with van der Waals surface area (Å²) in [5.41, 5.74) is 1.18. The minimum Gasteiger partial charge on any atom is -0.345 e. The van der Waals surface area contributed by atoms with Crippen molar-refractivity contribution in [3.63, 3.8) is 0 Å². The highest BCUT2D eigenvalue weighted by atomic mass is 35.5. The van der Waals surface area contributed by atoms with Crippen LogP contribution in [0.2, 0.25) is 0 Å². The van der Waals surface area contributed by atoms with Gasteiger partial charge < -0.3 is 15.2 Å². The molecular weight excluding hydrogens is 323 g/mol. The van der Waals surface area contributed by atoms with Crippen LogP contribution in [0.4, 0.5) is 4.39 Å². The number of carbonyl (C=O) groups excluding carboxylic acids is 1. The van der Waals surface area contributed by atoms with Gasteiger partial charge in [0.25, 0.3) is 0 Å². The molecule has 0 saturated heterocycles. The number of aryl methyl sites for hydroxylation is 1. The third-order valence-corrected chi connectivity index (χ3v) is 3.21. The third kappa shape index (κ3) is 5.01. The predicted molar refractivity (Wildman–Crippen MR) is 86.8 cm³/mol. The lowest BCUT2D eigenvalue weighted by atomic mass is 10.1. The van der Waals surface area contributed by atoms with Gasteiger partial charge in [0.1, 0.15) is 11.9 Å². The molecule has 1 unspecified atom stereocenters. The molecule has 0 aliphatic heterocycles. The van der Waals surface area contributed by atoms with E-state index in [0.29, 0.717) is 35.8 Å². The van der Waals surface area contributed by atoms with E-state index in [-0.39, 0.29) is 30.2 Å². The number of aromatic nitrogens is 2. The standard InChI is InChI=1S/C15H19FN4O2.ClH/c1-9-8-11(4-5-12(9)16)14-19-15(22-20-14)10(2)18-13(21)6-7-17-3;/h4-5,8,10,17H,6-7H2,1-3H3,(H,18,21);1H. The van der Waals surface area contributed by atoms with Gasteiger partial charge in [0.2, 0.25) is 17.6 Å². The Balaban J connectivity index is 0.00000264. The van der Waals surface area contributed by atoms with Crippen LogP contribution in [0.25, 0.3) is 11.4 Å². The molecule has 0 spiro atoms. The van der Waals surface area contributed by atoms with Crippen molar-refractivity contribution in [2.75, 3.05) is 13.6 Å². The summed E-state index contributed by atoms with van der Waals surface area (Å²) in [7, 11) is 1.78. The van der Waals surface area contributed by atoms with Gasteiger partial charge >= 0.3 is 0 Å². The van der Waals surface area contributed by atoms with Crippen LogP contribution in [0.1, 0.15) is 30.8 Å². The summed E-state index contributed by atoms with van der Waals surface area (Å²) in [5, 5.41) is 9.56. The van der Waals surface area contributed by atoms with Crippen LogP contribution < -0.4 is 10.6 Å². The van der Waals surface area contributed by atoms with Crippen molar-refractivity contribution in [3.05, 3.63) is 35.5 Å². The summed E-state index contributed by atoms with van der Waals surface area (Å²) in [6.07, 6.45) is 0.374. The first-order valence-corrected chi connectivity index (χ1v) is 7.05. The van der Waals surface area contributed by atoms with Crippen LogP contribution in [-0.4, -0.2) is 29.6 Å². The number of benzene rings is 1. The molecule has 23 heavy (non-hydrogen) atoms. The van der Waals surface area contributed by atoms with E-state index in [1.165, 1.54) is 6.07 Å². The second-order valence-electron chi connectivity index (χ2n) is 5.06. The molecule has 126 valence electrons. The number of halogens is 2. The summed E-state index contributed by atoms with van der Waals surface area (Å²) in [4.78, 5) is 15.9. The van der Waals surface area contributed by atoms with E-state index in [9.17, 15) is 9.18 Å². The first-order valence-electron chi connectivity index (χ1n) is 7.05. The van der Waals surface area contributed by atoms with Crippen molar-refractivity contribution in [3.8, 4) is 11.4 Å². The zero-order chi connectivity index (χ0) is 16.1. The molecule has 1 aromatic heterocycles. The summed E-state index contributed by atoms with van der Waals surface area (Å²) >= 11 is 0. The quantitative estimate of drug-likeness (QED) is 0.842. The van der Waals surface area contributed by atoms with E-state index in [0.717, 1.165) is 0 Å². The predicted octanol–water partition coefficient (Wildman–Crippen LogP) is 2.39. The highest BCUT2D eigenvalue weighted by molar-refractivity contribution is 5.85. The summed E-state index contributed by atoms with van der Waals surface area (Å²) in [6.45, 7) is 4.04. The molecule has 0 aliphatic carbocycles. The highest BCUT2D eigenvalue weighted by Gasteiger charge is 2.17. The molecule has 2 aromatic rings. The van der Waals surface area contributed by atoms with Crippen molar-refractivity contribution < 1.29 is 13.7 Å². The Labute approximate surface area is 140 Å². The first-order chi connectivity index (χ1) is 10.5. The molecular formula is C15H20ClFN4O2. The fourth-order valence-corrected chi connectivity index (χ4v) is 1.93. The number of amides is 1. The molecule has 6 nitrogen and oxygen atoms in total. The molecule has 0 aliphatic rings. The molecule has 0 saturated carbocycles. The van der Waals surface area contributed by atoms with Gasteiger partial charge in [-0.05, 0) is 44.7 Å². The van der Waals surface area contributed by atoms with Gasteiger partial charge in [-0.3, -0.25) is 4.79 Å². The first kappa shape index (κ1) is 19.1. The van der Waals surface area contributed by atoms with Gasteiger partial charge in [-0.15, -0.1) is 12.4 Å². The van der Waals surface area contributed by atoms with Gasteiger partial charge in [0.05, 0.1) is 0 Å². The van der Waals surface area contributed by atoms with Gasteiger partial charge in [-0.1, -0.05) is 5.16 Å². The Bertz CT molecular complexity index is 663. The van der Waals surface area contributed by atoms with Crippen LogP contribution in [0, 0.1) is 12.7 Å². The normalized spacial score (nSPS) is 11.7. The summed E-state index contributed by atoms with van der Waals surface area (Å²) in [5.74, 6) is 0.307. The zero-order valence-electron chi connectivity index (χ0n) is 13.2. The summed E-state index contributed by atoms with van der Waals surface area (Å²) in [6, 6.07) is 4.23. The largest absolute Gasteiger partial charge is 0.345 e. The Morgan fingerprint density at radius 1 is 1.43 bits per heavy atom. The average Bonchev–Trinajstić information content (AvgIpc) is 2.98. The average molecular weight is 343 g/mol.